The second kappa shape index (κ2) is 5.86. The van der Waals surface area contributed by atoms with Gasteiger partial charge in [-0.05, 0) is 36.2 Å². The first-order chi connectivity index (χ1) is 11.8. The maximum atomic E-state index is 14.5. The average Bonchev–Trinajstić information content (AvgIpc) is 2.77. The number of hydrogen-bond donors (Lipinski definition) is 1. The van der Waals surface area contributed by atoms with Gasteiger partial charge in [-0.25, -0.2) is 4.39 Å². The van der Waals surface area contributed by atoms with Gasteiger partial charge in [0.25, 0.3) is 5.82 Å². The van der Waals surface area contributed by atoms with E-state index in [0.29, 0.717) is 10.5 Å². The van der Waals surface area contributed by atoms with Crippen molar-refractivity contribution >= 4 is 17.4 Å². The number of alkyl halides is 2. The van der Waals surface area contributed by atoms with Crippen LogP contribution in [0.1, 0.15) is 29.7 Å². The molecular weight excluding hydrogens is 335 g/mol. The molecule has 1 amide bonds. The highest BCUT2D eigenvalue weighted by atomic mass is 19.3. The summed E-state index contributed by atoms with van der Waals surface area (Å²) >= 11 is 0. The molecule has 2 heterocycles. The number of rotatable bonds is 3. The number of hydrogen-bond acceptors (Lipinski definition) is 3. The first-order valence-electron chi connectivity index (χ1n) is 7.30. The van der Waals surface area contributed by atoms with Crippen LogP contribution in [0.4, 0.5) is 24.7 Å². The summed E-state index contributed by atoms with van der Waals surface area (Å²) in [4.78, 5) is 19.8. The van der Waals surface area contributed by atoms with E-state index in [4.69, 9.17) is 6.57 Å². The molecule has 8 heteroatoms. The molecule has 1 N–H and O–H groups in total. The summed E-state index contributed by atoms with van der Waals surface area (Å²) in [7, 11) is 0. The number of nitrogens with zero attached hydrogens (tertiary/aromatic N) is 3. The van der Waals surface area contributed by atoms with Crippen molar-refractivity contribution in [3.05, 3.63) is 64.4 Å². The second-order valence-electron chi connectivity index (χ2n) is 5.64. The van der Waals surface area contributed by atoms with Crippen molar-refractivity contribution in [2.24, 2.45) is 0 Å². The van der Waals surface area contributed by atoms with Crippen molar-refractivity contribution in [1.82, 2.24) is 4.98 Å². The molecule has 0 bridgehead atoms. The van der Waals surface area contributed by atoms with Crippen LogP contribution in [-0.2, 0) is 17.3 Å². The molecule has 128 valence electrons. The lowest BCUT2D eigenvalue weighted by atomic mass is 9.98. The number of aromatic nitrogens is 1. The quantitative estimate of drug-likeness (QED) is 0.865. The highest BCUT2D eigenvalue weighted by Crippen LogP contribution is 2.49. The van der Waals surface area contributed by atoms with Gasteiger partial charge < -0.3 is 9.95 Å². The molecule has 0 radical (unpaired) electrons. The second-order valence-corrected chi connectivity index (χ2v) is 5.64. The molecule has 5 nitrogen and oxygen atoms in total. The van der Waals surface area contributed by atoms with E-state index in [-0.39, 0.29) is 17.9 Å². The van der Waals surface area contributed by atoms with Crippen molar-refractivity contribution in [3.8, 4) is 0 Å². The van der Waals surface area contributed by atoms with Crippen molar-refractivity contribution in [1.29, 1.82) is 0 Å². The van der Waals surface area contributed by atoms with Crippen molar-refractivity contribution < 1.29 is 23.1 Å². The maximum Gasteiger partial charge on any atom is 0.352 e. The van der Waals surface area contributed by atoms with Gasteiger partial charge in [-0.1, -0.05) is 12.6 Å². The molecule has 0 fully saturated rings. The van der Waals surface area contributed by atoms with Gasteiger partial charge in [0.05, 0.1) is 23.9 Å². The van der Waals surface area contributed by atoms with E-state index in [1.807, 2.05) is 0 Å². The third-order valence-corrected chi connectivity index (χ3v) is 3.97. The Bertz CT molecular complexity index is 906. The van der Waals surface area contributed by atoms with E-state index in [1.54, 1.807) is 0 Å². The predicted molar refractivity (Wildman–Crippen MR) is 82.6 cm³/mol. The minimum Gasteiger partial charge on any atom is -0.389 e. The van der Waals surface area contributed by atoms with Gasteiger partial charge in [0.15, 0.2) is 0 Å². The molecule has 25 heavy (non-hydrogen) atoms. The number of benzene rings is 1. The van der Waals surface area contributed by atoms with Gasteiger partial charge in [0, 0.05) is 0 Å². The van der Waals surface area contributed by atoms with Gasteiger partial charge in [0.2, 0.25) is 0 Å². The Morgan fingerprint density at radius 1 is 1.40 bits per heavy atom. The van der Waals surface area contributed by atoms with Crippen molar-refractivity contribution in [2.75, 3.05) is 4.90 Å². The summed E-state index contributed by atoms with van der Waals surface area (Å²) in [6, 6.07) is 4.79. The van der Waals surface area contributed by atoms with Crippen LogP contribution >= 0.6 is 0 Å². The fraction of sp³-hybridized carbons (Fsp3) is 0.235. The van der Waals surface area contributed by atoms with Crippen LogP contribution in [0.25, 0.3) is 4.85 Å². The number of anilines is 1. The van der Waals surface area contributed by atoms with Gasteiger partial charge in [-0.3, -0.25) is 9.69 Å². The minimum absolute atomic E-state index is 0.0364. The number of aliphatic hydroxyl groups is 1. The molecule has 1 aliphatic rings. The number of halogens is 3. The fourth-order valence-electron chi connectivity index (χ4n) is 2.85. The fourth-order valence-corrected chi connectivity index (χ4v) is 2.85. The molecule has 0 unspecified atom stereocenters. The van der Waals surface area contributed by atoms with Crippen LogP contribution in [0.15, 0.2) is 30.5 Å². The molecule has 0 saturated carbocycles. The number of fused-ring (bicyclic) bond motifs is 1. The van der Waals surface area contributed by atoms with Crippen LogP contribution in [0.3, 0.4) is 0 Å². The van der Waals surface area contributed by atoms with E-state index in [1.165, 1.54) is 25.3 Å². The van der Waals surface area contributed by atoms with Crippen LogP contribution in [0, 0.1) is 12.4 Å². The number of pyridine rings is 1. The number of carbonyl (C=O) groups is 1. The van der Waals surface area contributed by atoms with E-state index in [2.05, 4.69) is 9.83 Å². The molecule has 0 aliphatic carbocycles. The Hall–Kier alpha value is -2.92. The smallest absolute Gasteiger partial charge is 0.352 e. The molecule has 0 spiro atoms. The molecular formula is C17H12F3N3O2. The summed E-state index contributed by atoms with van der Waals surface area (Å²) in [6.07, 6.45) is 0.0212. The zero-order chi connectivity index (χ0) is 18.4. The standard InChI is InChI=1S/C17H12F3N3O2/c1-9(24)11-3-4-12(18)15-14(11)17(19,20)16(25)23(15)8-10-5-6-22-13(7-10)21-2/h3-7,9,24H,8H2,1H3/t9-/m0/s1. The SMILES string of the molecule is [C-]#[N+]c1cc(CN2C(=O)C(F)(F)c3c([C@H](C)O)ccc(F)c32)ccn1. The lowest BCUT2D eigenvalue weighted by Gasteiger charge is -2.18. The summed E-state index contributed by atoms with van der Waals surface area (Å²) < 4.78 is 43.3. The lowest BCUT2D eigenvalue weighted by Crippen LogP contribution is -2.34. The van der Waals surface area contributed by atoms with Crippen molar-refractivity contribution in [2.45, 2.75) is 25.5 Å². The number of amides is 1. The largest absolute Gasteiger partial charge is 0.389 e. The molecule has 2 aromatic rings. The normalized spacial score (nSPS) is 16.5. The molecule has 1 aromatic heterocycles. The summed E-state index contributed by atoms with van der Waals surface area (Å²) in [6.45, 7) is 7.85. The minimum atomic E-state index is -3.95. The van der Waals surface area contributed by atoms with Gasteiger partial charge >= 0.3 is 11.8 Å². The first kappa shape index (κ1) is 16.9. The third kappa shape index (κ3) is 2.62. The van der Waals surface area contributed by atoms with Gasteiger partial charge in [-0.15, -0.1) is 4.98 Å². The van der Waals surface area contributed by atoms with E-state index >= 15 is 0 Å². The summed E-state index contributed by atoms with van der Waals surface area (Å²) in [5.74, 6) is -6.46. The van der Waals surface area contributed by atoms with E-state index in [0.717, 1.165) is 12.1 Å². The topological polar surface area (TPSA) is 57.8 Å². The zero-order valence-electron chi connectivity index (χ0n) is 13.0. The predicted octanol–water partition coefficient (Wildman–Crippen LogP) is 3.46. The third-order valence-electron chi connectivity index (χ3n) is 3.97. The Labute approximate surface area is 141 Å². The van der Waals surface area contributed by atoms with Gasteiger partial charge in [0.1, 0.15) is 12.0 Å². The highest BCUT2D eigenvalue weighted by molar-refractivity contribution is 6.06. The first-order valence-corrected chi connectivity index (χ1v) is 7.30. The molecule has 3 rings (SSSR count). The number of carbonyl (C=O) groups excluding carboxylic acids is 1. The lowest BCUT2D eigenvalue weighted by molar-refractivity contribution is -0.141. The van der Waals surface area contributed by atoms with Gasteiger partial charge in [-0.2, -0.15) is 8.78 Å². The Kier molecular flexibility index (Phi) is 3.97. The highest BCUT2D eigenvalue weighted by Gasteiger charge is 2.55. The Balaban J connectivity index is 2.14. The molecule has 1 atom stereocenters. The summed E-state index contributed by atoms with van der Waals surface area (Å²) in [5.41, 5.74) is -1.20. The average molecular weight is 347 g/mol. The molecule has 1 aliphatic heterocycles. The Morgan fingerprint density at radius 3 is 2.76 bits per heavy atom. The summed E-state index contributed by atoms with van der Waals surface area (Å²) in [5, 5.41) is 9.71. The van der Waals surface area contributed by atoms with Crippen LogP contribution in [0.2, 0.25) is 0 Å². The molecule has 0 saturated heterocycles. The molecule has 1 aromatic carbocycles. The van der Waals surface area contributed by atoms with Crippen LogP contribution < -0.4 is 4.90 Å². The zero-order valence-corrected chi connectivity index (χ0v) is 13.0. The number of aliphatic hydroxyl groups excluding tert-OH is 1. The Morgan fingerprint density at radius 2 is 2.12 bits per heavy atom. The maximum absolute atomic E-state index is 14.5. The van der Waals surface area contributed by atoms with E-state index in [9.17, 15) is 23.1 Å². The van der Waals surface area contributed by atoms with Crippen LogP contribution in [0.5, 0.6) is 0 Å². The van der Waals surface area contributed by atoms with Crippen molar-refractivity contribution in [3.63, 3.8) is 0 Å². The van der Waals surface area contributed by atoms with Crippen LogP contribution in [-0.4, -0.2) is 16.0 Å². The van der Waals surface area contributed by atoms with E-state index < -0.39 is 35.0 Å². The monoisotopic (exact) mass is 347 g/mol.